The van der Waals surface area contributed by atoms with Crippen LogP contribution in [-0.2, 0) is 16.0 Å². The second-order valence-electron chi connectivity index (χ2n) is 6.56. The van der Waals surface area contributed by atoms with E-state index in [1.54, 1.807) is 6.07 Å². The third kappa shape index (κ3) is 3.68. The van der Waals surface area contributed by atoms with E-state index in [1.165, 1.54) is 0 Å². The van der Waals surface area contributed by atoms with Gasteiger partial charge in [-0.25, -0.2) is 0 Å². The van der Waals surface area contributed by atoms with Gasteiger partial charge < -0.3 is 14.6 Å². The lowest BCUT2D eigenvalue weighted by atomic mass is 10.0. The van der Waals surface area contributed by atoms with Gasteiger partial charge in [0.1, 0.15) is 16.3 Å². The highest BCUT2D eigenvalue weighted by Gasteiger charge is 2.56. The van der Waals surface area contributed by atoms with Gasteiger partial charge in [0.05, 0.1) is 17.5 Å². The number of hydrogen-bond acceptors (Lipinski definition) is 4. The zero-order chi connectivity index (χ0) is 18.1. The predicted molar refractivity (Wildman–Crippen MR) is 100 cm³/mol. The topological polar surface area (TPSA) is 55.8 Å². The number of rotatable bonds is 6. The van der Waals surface area contributed by atoms with Crippen molar-refractivity contribution in [1.29, 1.82) is 0 Å². The predicted octanol–water partition coefficient (Wildman–Crippen LogP) is 4.89. The minimum Gasteiger partial charge on any atom is -0.506 e. The molecule has 3 rings (SSSR count). The fourth-order valence-electron chi connectivity index (χ4n) is 3.58. The van der Waals surface area contributed by atoms with Crippen LogP contribution in [-0.4, -0.2) is 23.8 Å². The quantitative estimate of drug-likeness (QED) is 0.516. The van der Waals surface area contributed by atoms with E-state index in [9.17, 15) is 9.90 Å². The average molecular weight is 430 g/mol. The molecule has 0 spiro atoms. The number of aryl methyl sites for hydroxylation is 1. The first kappa shape index (κ1) is 18.6. The molecule has 2 aliphatic rings. The van der Waals surface area contributed by atoms with Crippen molar-refractivity contribution in [2.24, 2.45) is 17.8 Å². The van der Waals surface area contributed by atoms with Crippen LogP contribution in [0.15, 0.2) is 22.7 Å². The van der Waals surface area contributed by atoms with E-state index >= 15 is 0 Å². The maximum absolute atomic E-state index is 11.9. The Morgan fingerprint density at radius 3 is 2.84 bits per heavy atom. The van der Waals surface area contributed by atoms with Crippen LogP contribution in [0.2, 0.25) is 5.02 Å². The number of allylic oxidation sites excluding steroid dienone is 1. The van der Waals surface area contributed by atoms with Crippen molar-refractivity contribution in [1.82, 2.24) is 0 Å². The lowest BCUT2D eigenvalue weighted by molar-refractivity contribution is -0.145. The van der Waals surface area contributed by atoms with Crippen LogP contribution in [0.3, 0.4) is 0 Å². The van der Waals surface area contributed by atoms with Crippen LogP contribution < -0.4 is 4.74 Å². The molecule has 0 unspecified atom stereocenters. The molecule has 0 aromatic heterocycles. The molecule has 0 saturated heterocycles. The number of aromatic hydroxyl groups is 1. The van der Waals surface area contributed by atoms with Gasteiger partial charge in [0.15, 0.2) is 5.75 Å². The molecule has 25 heavy (non-hydrogen) atoms. The Kier molecular flexibility index (Phi) is 5.64. The zero-order valence-electron chi connectivity index (χ0n) is 14.3. The largest absolute Gasteiger partial charge is 0.506 e. The second kappa shape index (κ2) is 7.58. The molecule has 4 atom stereocenters. The molecule has 0 bridgehead atoms. The number of phenolic OH excluding ortho intramolecular Hbond substituents is 1. The standard InChI is InChI=1S/C19H22BrClO4/c1-3-5-10-8-14(21)18(16(20)17(10)22)25-11-6-7-12-13(9-11)15(12)19(23)24-4-2/h6-8,11-13,15,22H,3-5,9H2,1-2H3/t11-,12-,13+,15+/m1/s1. The average Bonchev–Trinajstić information content (AvgIpc) is 3.30. The summed E-state index contributed by atoms with van der Waals surface area (Å²) in [6.45, 7) is 4.27. The molecule has 4 nitrogen and oxygen atoms in total. The van der Waals surface area contributed by atoms with Gasteiger partial charge >= 0.3 is 5.97 Å². The summed E-state index contributed by atoms with van der Waals surface area (Å²) in [7, 11) is 0. The molecule has 1 aromatic rings. The number of halogens is 2. The number of ether oxygens (including phenoxy) is 2. The number of carbonyl (C=O) groups is 1. The zero-order valence-corrected chi connectivity index (χ0v) is 16.6. The van der Waals surface area contributed by atoms with E-state index in [2.05, 4.69) is 15.9 Å². The second-order valence-corrected chi connectivity index (χ2v) is 7.76. The SMILES string of the molecule is CCCc1cc(Cl)c(O[C@@H]2C=C[C@@H]3[C@H](C2)[C@H]3C(=O)OCC)c(Br)c1O. The molecule has 2 aliphatic carbocycles. The highest BCUT2D eigenvalue weighted by Crippen LogP contribution is 2.54. The van der Waals surface area contributed by atoms with E-state index in [-0.39, 0.29) is 35.6 Å². The monoisotopic (exact) mass is 428 g/mol. The van der Waals surface area contributed by atoms with Crippen molar-refractivity contribution < 1.29 is 19.4 Å². The van der Waals surface area contributed by atoms with E-state index in [0.717, 1.165) is 24.8 Å². The summed E-state index contributed by atoms with van der Waals surface area (Å²) < 4.78 is 11.6. The molecule has 0 heterocycles. The summed E-state index contributed by atoms with van der Waals surface area (Å²) in [6, 6.07) is 1.76. The molecule has 1 saturated carbocycles. The fraction of sp³-hybridized carbons (Fsp3) is 0.526. The Labute approximate surface area is 161 Å². The summed E-state index contributed by atoms with van der Waals surface area (Å²) in [4.78, 5) is 11.9. The van der Waals surface area contributed by atoms with Gasteiger partial charge in [0.2, 0.25) is 0 Å². The third-order valence-electron chi connectivity index (χ3n) is 4.86. The van der Waals surface area contributed by atoms with E-state index < -0.39 is 0 Å². The highest BCUT2D eigenvalue weighted by atomic mass is 79.9. The number of fused-ring (bicyclic) bond motifs is 1. The number of benzene rings is 1. The molecule has 1 fully saturated rings. The van der Waals surface area contributed by atoms with Gasteiger partial charge in [-0.15, -0.1) is 0 Å². The fourth-order valence-corrected chi connectivity index (χ4v) is 4.53. The molecule has 6 heteroatoms. The molecular weight excluding hydrogens is 408 g/mol. The molecule has 1 aromatic carbocycles. The summed E-state index contributed by atoms with van der Waals surface area (Å²) >= 11 is 9.77. The first-order valence-electron chi connectivity index (χ1n) is 8.69. The summed E-state index contributed by atoms with van der Waals surface area (Å²) in [5, 5.41) is 10.8. The Hall–Kier alpha value is -1.20. The number of phenols is 1. The van der Waals surface area contributed by atoms with Crippen LogP contribution in [0.5, 0.6) is 11.5 Å². The Morgan fingerprint density at radius 2 is 2.16 bits per heavy atom. The lowest BCUT2D eigenvalue weighted by Gasteiger charge is -2.21. The van der Waals surface area contributed by atoms with Crippen molar-refractivity contribution in [3.8, 4) is 11.5 Å². The minimum absolute atomic E-state index is 0.0518. The van der Waals surface area contributed by atoms with Gasteiger partial charge in [-0.2, -0.15) is 0 Å². The maximum atomic E-state index is 11.9. The molecular formula is C19H22BrClO4. The molecule has 0 amide bonds. The number of carbonyl (C=O) groups excluding carboxylic acids is 1. The first-order valence-corrected chi connectivity index (χ1v) is 9.86. The molecule has 136 valence electrons. The normalized spacial score (nSPS) is 26.9. The minimum atomic E-state index is -0.175. The maximum Gasteiger partial charge on any atom is 0.309 e. The van der Waals surface area contributed by atoms with Crippen molar-refractivity contribution in [2.75, 3.05) is 6.61 Å². The first-order chi connectivity index (χ1) is 12.0. The van der Waals surface area contributed by atoms with Gasteiger partial charge in [-0.1, -0.05) is 31.0 Å². The van der Waals surface area contributed by atoms with E-state index in [4.69, 9.17) is 21.1 Å². The Morgan fingerprint density at radius 1 is 1.40 bits per heavy atom. The van der Waals surface area contributed by atoms with Crippen LogP contribution in [0.1, 0.15) is 32.3 Å². The van der Waals surface area contributed by atoms with Crippen LogP contribution in [0.25, 0.3) is 0 Å². The van der Waals surface area contributed by atoms with Gasteiger partial charge in [-0.05, 0) is 65.2 Å². The van der Waals surface area contributed by atoms with Crippen LogP contribution in [0.4, 0.5) is 0 Å². The van der Waals surface area contributed by atoms with Gasteiger partial charge in [0.25, 0.3) is 0 Å². The lowest BCUT2D eigenvalue weighted by Crippen LogP contribution is -2.18. The van der Waals surface area contributed by atoms with Crippen molar-refractivity contribution in [2.45, 2.75) is 39.2 Å². The van der Waals surface area contributed by atoms with Crippen LogP contribution in [0, 0.1) is 17.8 Å². The third-order valence-corrected chi connectivity index (χ3v) is 5.87. The van der Waals surface area contributed by atoms with Crippen molar-refractivity contribution >= 4 is 33.5 Å². The summed E-state index contributed by atoms with van der Waals surface area (Å²) in [6.07, 6.45) is 6.24. The van der Waals surface area contributed by atoms with E-state index in [0.29, 0.717) is 21.9 Å². The number of hydrogen-bond donors (Lipinski definition) is 1. The van der Waals surface area contributed by atoms with Crippen LogP contribution >= 0.6 is 27.5 Å². The summed E-state index contributed by atoms with van der Waals surface area (Å²) in [5.74, 6) is 0.973. The Balaban J connectivity index is 1.71. The molecule has 0 radical (unpaired) electrons. The number of esters is 1. The van der Waals surface area contributed by atoms with Gasteiger partial charge in [-0.3, -0.25) is 4.79 Å². The summed E-state index contributed by atoms with van der Waals surface area (Å²) in [5.41, 5.74) is 0.801. The van der Waals surface area contributed by atoms with Crippen molar-refractivity contribution in [3.05, 3.63) is 33.3 Å². The van der Waals surface area contributed by atoms with Crippen molar-refractivity contribution in [3.63, 3.8) is 0 Å². The molecule has 1 N–H and O–H groups in total. The van der Waals surface area contributed by atoms with Gasteiger partial charge in [0, 0.05) is 0 Å². The van der Waals surface area contributed by atoms with E-state index in [1.807, 2.05) is 26.0 Å². The molecule has 0 aliphatic heterocycles. The highest BCUT2D eigenvalue weighted by molar-refractivity contribution is 9.10. The smallest absolute Gasteiger partial charge is 0.309 e. The Bertz CT molecular complexity index is 703.